The summed E-state index contributed by atoms with van der Waals surface area (Å²) in [4.78, 5) is 0. The van der Waals surface area contributed by atoms with Crippen molar-refractivity contribution in [3.8, 4) is 0 Å². The molecule has 1 heterocycles. The topological polar surface area (TPSA) is 21.3 Å². The molecule has 0 amide bonds. The molecule has 1 aromatic rings. The van der Waals surface area contributed by atoms with Crippen molar-refractivity contribution in [1.82, 2.24) is 5.32 Å². The van der Waals surface area contributed by atoms with E-state index in [4.69, 9.17) is 4.74 Å². The van der Waals surface area contributed by atoms with Crippen molar-refractivity contribution in [3.63, 3.8) is 0 Å². The van der Waals surface area contributed by atoms with Gasteiger partial charge in [-0.25, -0.2) is 8.78 Å². The largest absolute Gasteiger partial charge is 0.370 e. The lowest BCUT2D eigenvalue weighted by atomic mass is 9.91. The van der Waals surface area contributed by atoms with Crippen LogP contribution in [0.1, 0.15) is 38.4 Å². The Morgan fingerprint density at radius 2 is 1.89 bits per heavy atom. The molecule has 1 N–H and O–H groups in total. The first-order valence-electron chi connectivity index (χ1n) is 6.42. The summed E-state index contributed by atoms with van der Waals surface area (Å²) in [5.74, 6) is -1.08. The summed E-state index contributed by atoms with van der Waals surface area (Å²) in [5, 5.41) is 3.38. The molecule has 2 rings (SSSR count). The standard InChI is InChI=1S/C14H19F2NO/c1-3-14(4-2)9-18-12(8-17-14)13-10(15)6-5-7-11(13)16/h5-7,12,17H,3-4,8-9H2,1-2H3. The Labute approximate surface area is 106 Å². The van der Waals surface area contributed by atoms with Gasteiger partial charge < -0.3 is 10.1 Å². The van der Waals surface area contributed by atoms with E-state index in [-0.39, 0.29) is 11.1 Å². The summed E-state index contributed by atoms with van der Waals surface area (Å²) in [5.41, 5.74) is -0.0242. The van der Waals surface area contributed by atoms with Crippen LogP contribution >= 0.6 is 0 Å². The first kappa shape index (κ1) is 13.4. The van der Waals surface area contributed by atoms with E-state index in [0.717, 1.165) is 12.8 Å². The van der Waals surface area contributed by atoms with E-state index in [1.165, 1.54) is 18.2 Å². The van der Waals surface area contributed by atoms with Crippen LogP contribution in [0.2, 0.25) is 0 Å². The Morgan fingerprint density at radius 1 is 1.28 bits per heavy atom. The summed E-state index contributed by atoms with van der Waals surface area (Å²) < 4.78 is 33.0. The molecule has 1 atom stereocenters. The average Bonchev–Trinajstić information content (AvgIpc) is 2.39. The van der Waals surface area contributed by atoms with Gasteiger partial charge in [0.05, 0.1) is 12.2 Å². The molecule has 1 aromatic carbocycles. The van der Waals surface area contributed by atoms with E-state index in [1.807, 2.05) is 0 Å². The van der Waals surface area contributed by atoms with Crippen LogP contribution in [-0.2, 0) is 4.74 Å². The van der Waals surface area contributed by atoms with Gasteiger partial charge in [0.1, 0.15) is 17.7 Å². The second-order valence-corrected chi connectivity index (χ2v) is 4.80. The van der Waals surface area contributed by atoms with Crippen molar-refractivity contribution in [2.75, 3.05) is 13.2 Å². The number of benzene rings is 1. The van der Waals surface area contributed by atoms with Gasteiger partial charge in [-0.2, -0.15) is 0 Å². The summed E-state index contributed by atoms with van der Waals surface area (Å²) in [6, 6.07) is 3.90. The lowest BCUT2D eigenvalue weighted by Crippen LogP contribution is -2.54. The van der Waals surface area contributed by atoms with Gasteiger partial charge in [-0.15, -0.1) is 0 Å². The van der Waals surface area contributed by atoms with Crippen LogP contribution in [0.3, 0.4) is 0 Å². The van der Waals surface area contributed by atoms with Crippen molar-refractivity contribution in [1.29, 1.82) is 0 Å². The Bertz CT molecular complexity index is 388. The molecule has 0 aromatic heterocycles. The zero-order valence-electron chi connectivity index (χ0n) is 10.8. The third kappa shape index (κ3) is 2.40. The summed E-state index contributed by atoms with van der Waals surface area (Å²) >= 11 is 0. The van der Waals surface area contributed by atoms with E-state index in [0.29, 0.717) is 13.2 Å². The Morgan fingerprint density at radius 3 is 2.33 bits per heavy atom. The maximum absolute atomic E-state index is 13.6. The van der Waals surface area contributed by atoms with Crippen LogP contribution in [0.5, 0.6) is 0 Å². The minimum Gasteiger partial charge on any atom is -0.370 e. The summed E-state index contributed by atoms with van der Waals surface area (Å²) in [6.45, 7) is 5.10. The lowest BCUT2D eigenvalue weighted by molar-refractivity contribution is -0.0404. The van der Waals surface area contributed by atoms with E-state index >= 15 is 0 Å². The van der Waals surface area contributed by atoms with Crippen molar-refractivity contribution in [2.45, 2.75) is 38.3 Å². The molecular weight excluding hydrogens is 236 g/mol. The second kappa shape index (κ2) is 5.33. The SMILES string of the molecule is CCC1(CC)COC(c2c(F)cccc2F)CN1. The number of nitrogens with one attached hydrogen (secondary N) is 1. The highest BCUT2D eigenvalue weighted by atomic mass is 19.1. The molecule has 1 fully saturated rings. The molecular formula is C14H19F2NO. The van der Waals surface area contributed by atoms with Gasteiger partial charge in [0, 0.05) is 12.1 Å². The molecule has 1 aliphatic rings. The van der Waals surface area contributed by atoms with Gasteiger partial charge in [0.15, 0.2) is 0 Å². The van der Waals surface area contributed by atoms with Crippen molar-refractivity contribution < 1.29 is 13.5 Å². The molecule has 0 saturated carbocycles. The molecule has 1 saturated heterocycles. The first-order chi connectivity index (χ1) is 8.62. The molecule has 1 aliphatic heterocycles. The van der Waals surface area contributed by atoms with E-state index < -0.39 is 17.7 Å². The Balaban J connectivity index is 2.15. The highest BCUT2D eigenvalue weighted by Crippen LogP contribution is 2.30. The minimum atomic E-state index is -0.544. The smallest absolute Gasteiger partial charge is 0.132 e. The van der Waals surface area contributed by atoms with E-state index in [1.54, 1.807) is 0 Å². The number of rotatable bonds is 3. The van der Waals surface area contributed by atoms with Gasteiger partial charge >= 0.3 is 0 Å². The molecule has 4 heteroatoms. The predicted octanol–water partition coefficient (Wildman–Crippen LogP) is 3.18. The highest BCUT2D eigenvalue weighted by molar-refractivity contribution is 5.23. The van der Waals surface area contributed by atoms with Gasteiger partial charge in [-0.3, -0.25) is 0 Å². The van der Waals surface area contributed by atoms with Crippen LogP contribution in [0, 0.1) is 11.6 Å². The Kier molecular flexibility index (Phi) is 3.97. The fourth-order valence-electron chi connectivity index (χ4n) is 2.39. The highest BCUT2D eigenvalue weighted by Gasteiger charge is 2.34. The molecule has 0 radical (unpaired) electrons. The number of hydrogen-bond donors (Lipinski definition) is 1. The van der Waals surface area contributed by atoms with Crippen LogP contribution in [0.15, 0.2) is 18.2 Å². The molecule has 2 nitrogen and oxygen atoms in total. The average molecular weight is 255 g/mol. The maximum Gasteiger partial charge on any atom is 0.132 e. The van der Waals surface area contributed by atoms with Crippen molar-refractivity contribution in [3.05, 3.63) is 35.4 Å². The zero-order valence-corrected chi connectivity index (χ0v) is 10.8. The molecule has 1 unspecified atom stereocenters. The van der Waals surface area contributed by atoms with Crippen LogP contribution in [0.4, 0.5) is 8.78 Å². The van der Waals surface area contributed by atoms with Gasteiger partial charge in [-0.05, 0) is 25.0 Å². The predicted molar refractivity (Wildman–Crippen MR) is 66.4 cm³/mol. The normalized spacial score (nSPS) is 23.0. The van der Waals surface area contributed by atoms with Gasteiger partial charge in [0.25, 0.3) is 0 Å². The molecule has 0 aliphatic carbocycles. The van der Waals surface area contributed by atoms with E-state index in [9.17, 15) is 8.78 Å². The Hall–Kier alpha value is -1.00. The number of ether oxygens (including phenoxy) is 1. The molecule has 100 valence electrons. The lowest BCUT2D eigenvalue weighted by Gasteiger charge is -2.40. The second-order valence-electron chi connectivity index (χ2n) is 4.80. The van der Waals surface area contributed by atoms with Crippen LogP contribution in [0.25, 0.3) is 0 Å². The summed E-state index contributed by atoms with van der Waals surface area (Å²) in [6.07, 6.45) is 1.34. The molecule has 0 bridgehead atoms. The molecule has 18 heavy (non-hydrogen) atoms. The third-order valence-corrected chi connectivity index (χ3v) is 3.90. The summed E-state index contributed by atoms with van der Waals surface area (Å²) in [7, 11) is 0. The van der Waals surface area contributed by atoms with E-state index in [2.05, 4.69) is 19.2 Å². The fourth-order valence-corrected chi connectivity index (χ4v) is 2.39. The number of hydrogen-bond acceptors (Lipinski definition) is 2. The monoisotopic (exact) mass is 255 g/mol. The van der Waals surface area contributed by atoms with Gasteiger partial charge in [0.2, 0.25) is 0 Å². The minimum absolute atomic E-state index is 0.0332. The van der Waals surface area contributed by atoms with Crippen molar-refractivity contribution in [2.24, 2.45) is 0 Å². The first-order valence-corrected chi connectivity index (χ1v) is 6.42. The zero-order chi connectivity index (χ0) is 13.2. The molecule has 0 spiro atoms. The van der Waals surface area contributed by atoms with Crippen LogP contribution < -0.4 is 5.32 Å². The number of morpholine rings is 1. The van der Waals surface area contributed by atoms with Crippen molar-refractivity contribution >= 4 is 0 Å². The third-order valence-electron chi connectivity index (χ3n) is 3.90. The van der Waals surface area contributed by atoms with Gasteiger partial charge in [-0.1, -0.05) is 19.9 Å². The quantitative estimate of drug-likeness (QED) is 0.895. The fraction of sp³-hybridized carbons (Fsp3) is 0.571. The maximum atomic E-state index is 13.6. The number of halogens is 2. The van der Waals surface area contributed by atoms with Crippen LogP contribution in [-0.4, -0.2) is 18.7 Å².